The fourth-order valence-electron chi connectivity index (χ4n) is 1.20. The van der Waals surface area contributed by atoms with Gasteiger partial charge in [-0.05, 0) is 24.1 Å². The maximum absolute atomic E-state index is 12.2. The summed E-state index contributed by atoms with van der Waals surface area (Å²) < 4.78 is 64.5. The van der Waals surface area contributed by atoms with Crippen LogP contribution in [0.3, 0.4) is 0 Å². The molecule has 0 unspecified atom stereocenters. The second-order valence-electron chi connectivity index (χ2n) is 3.35. The normalized spacial score (nSPS) is 13.9. The highest BCUT2D eigenvalue weighted by molar-refractivity contribution is 5.37. The predicted octanol–water partition coefficient (Wildman–Crippen LogP) is 3.19. The summed E-state index contributed by atoms with van der Waals surface area (Å²) in [5.41, 5.74) is -0.290. The Hall–Kier alpha value is -1.37. The van der Waals surface area contributed by atoms with E-state index in [-0.39, 0.29) is 11.3 Å². The Bertz CT molecular complexity index is 389. The molecule has 0 radical (unpaired) electrons. The average Bonchev–Trinajstić information content (AvgIpc) is 2.18. The second kappa shape index (κ2) is 4.87. The van der Waals surface area contributed by atoms with Crippen LogP contribution in [-0.2, 0) is 0 Å². The van der Waals surface area contributed by atoms with Crippen LogP contribution in [0.2, 0.25) is 0 Å². The van der Waals surface area contributed by atoms with Crippen molar-refractivity contribution in [3.63, 3.8) is 0 Å². The third kappa shape index (κ3) is 3.55. The number of hydrogen-bond donors (Lipinski definition) is 1. The Kier molecular flexibility index (Phi) is 3.92. The highest BCUT2D eigenvalue weighted by Gasteiger charge is 2.39. The van der Waals surface area contributed by atoms with E-state index in [2.05, 4.69) is 4.74 Å². The van der Waals surface area contributed by atoms with Crippen molar-refractivity contribution in [3.05, 3.63) is 29.3 Å². The molecule has 1 atom stereocenters. The first-order chi connectivity index (χ1) is 7.71. The van der Waals surface area contributed by atoms with Gasteiger partial charge in [-0.15, -0.1) is 0 Å². The van der Waals surface area contributed by atoms with Crippen molar-refractivity contribution in [1.82, 2.24) is 0 Å². The van der Waals surface area contributed by atoms with Crippen LogP contribution in [0, 0.1) is 6.92 Å². The van der Waals surface area contributed by atoms with Gasteiger partial charge >= 0.3 is 12.8 Å². The Morgan fingerprint density at radius 2 is 1.82 bits per heavy atom. The molecule has 0 aliphatic heterocycles. The van der Waals surface area contributed by atoms with E-state index < -0.39 is 24.5 Å². The van der Waals surface area contributed by atoms with E-state index in [1.807, 2.05) is 0 Å². The summed E-state index contributed by atoms with van der Waals surface area (Å²) in [5, 5.41) is 8.94. The standard InChI is InChI=1S/C10H9F5O2/c1-5-2-3-6(8(16)10(13,14)15)4-7(5)17-9(11)12/h2-4,8-9,16H,1H3/t8-/m0/s1. The molecular weight excluding hydrogens is 247 g/mol. The Morgan fingerprint density at radius 3 is 2.29 bits per heavy atom. The fourth-order valence-corrected chi connectivity index (χ4v) is 1.20. The summed E-state index contributed by atoms with van der Waals surface area (Å²) in [4.78, 5) is 0. The number of benzene rings is 1. The van der Waals surface area contributed by atoms with Crippen molar-refractivity contribution in [1.29, 1.82) is 0 Å². The van der Waals surface area contributed by atoms with Crippen molar-refractivity contribution in [2.24, 2.45) is 0 Å². The molecule has 0 heterocycles. The summed E-state index contributed by atoms with van der Waals surface area (Å²) in [6, 6.07) is 2.92. The first-order valence-electron chi connectivity index (χ1n) is 4.52. The molecule has 0 amide bonds. The molecule has 0 saturated carbocycles. The first kappa shape index (κ1) is 13.7. The number of rotatable bonds is 3. The molecule has 0 fully saturated rings. The predicted molar refractivity (Wildman–Crippen MR) is 48.8 cm³/mol. The molecule has 1 N–H and O–H groups in total. The molecular formula is C10H9F5O2. The lowest BCUT2D eigenvalue weighted by Gasteiger charge is -2.16. The largest absolute Gasteiger partial charge is 0.435 e. The van der Waals surface area contributed by atoms with E-state index in [4.69, 9.17) is 5.11 Å². The van der Waals surface area contributed by atoms with Gasteiger partial charge in [-0.3, -0.25) is 0 Å². The quantitative estimate of drug-likeness (QED) is 0.841. The van der Waals surface area contributed by atoms with E-state index in [1.165, 1.54) is 13.0 Å². The SMILES string of the molecule is Cc1ccc([C@H](O)C(F)(F)F)cc1OC(F)F. The second-order valence-corrected chi connectivity index (χ2v) is 3.35. The molecule has 0 aliphatic rings. The zero-order valence-electron chi connectivity index (χ0n) is 8.63. The molecule has 7 heteroatoms. The number of alkyl halides is 5. The van der Waals surface area contributed by atoms with Crippen LogP contribution in [0.25, 0.3) is 0 Å². The molecule has 0 spiro atoms. The molecule has 2 nitrogen and oxygen atoms in total. The molecule has 1 aromatic rings. The number of hydrogen-bond acceptors (Lipinski definition) is 2. The highest BCUT2D eigenvalue weighted by atomic mass is 19.4. The van der Waals surface area contributed by atoms with Gasteiger partial charge in [-0.2, -0.15) is 22.0 Å². The minimum atomic E-state index is -4.85. The molecule has 1 rings (SSSR count). The van der Waals surface area contributed by atoms with E-state index in [0.29, 0.717) is 0 Å². The van der Waals surface area contributed by atoms with Gasteiger partial charge in [0.1, 0.15) is 5.75 Å². The van der Waals surface area contributed by atoms with E-state index in [0.717, 1.165) is 12.1 Å². The summed E-state index contributed by atoms with van der Waals surface area (Å²) in [6.07, 6.45) is -7.57. The van der Waals surface area contributed by atoms with Crippen molar-refractivity contribution in [2.45, 2.75) is 25.8 Å². The lowest BCUT2D eigenvalue weighted by Crippen LogP contribution is -2.20. The molecule has 0 aromatic heterocycles. The van der Waals surface area contributed by atoms with Crippen LogP contribution in [0.5, 0.6) is 5.75 Å². The lowest BCUT2D eigenvalue weighted by molar-refractivity contribution is -0.206. The zero-order valence-corrected chi connectivity index (χ0v) is 8.63. The smallest absolute Gasteiger partial charge is 0.418 e. The molecule has 96 valence electrons. The molecule has 17 heavy (non-hydrogen) atoms. The van der Waals surface area contributed by atoms with Gasteiger partial charge in [0.25, 0.3) is 0 Å². The highest BCUT2D eigenvalue weighted by Crippen LogP contribution is 2.34. The van der Waals surface area contributed by atoms with E-state index >= 15 is 0 Å². The summed E-state index contributed by atoms with van der Waals surface area (Å²) >= 11 is 0. The number of aliphatic hydroxyl groups is 1. The Balaban J connectivity index is 3.04. The fraction of sp³-hybridized carbons (Fsp3) is 0.400. The summed E-state index contributed by atoms with van der Waals surface area (Å²) in [7, 11) is 0. The minimum Gasteiger partial charge on any atom is -0.435 e. The van der Waals surface area contributed by atoms with Crippen molar-refractivity contribution in [2.75, 3.05) is 0 Å². The van der Waals surface area contributed by atoms with E-state index in [9.17, 15) is 22.0 Å². The summed E-state index contributed by atoms with van der Waals surface area (Å²) in [5.74, 6) is -0.388. The van der Waals surface area contributed by atoms with Crippen LogP contribution in [0.4, 0.5) is 22.0 Å². The van der Waals surface area contributed by atoms with Crippen molar-refractivity contribution >= 4 is 0 Å². The molecule has 1 aromatic carbocycles. The van der Waals surface area contributed by atoms with Gasteiger partial charge in [0.2, 0.25) is 0 Å². The van der Waals surface area contributed by atoms with Crippen LogP contribution in [0.1, 0.15) is 17.2 Å². The number of aryl methyl sites for hydroxylation is 1. The minimum absolute atomic E-state index is 0.253. The Morgan fingerprint density at radius 1 is 1.24 bits per heavy atom. The molecule has 0 aliphatic carbocycles. The third-order valence-corrected chi connectivity index (χ3v) is 2.05. The number of halogens is 5. The maximum atomic E-state index is 12.2. The van der Waals surface area contributed by atoms with Crippen LogP contribution in [-0.4, -0.2) is 17.9 Å². The first-order valence-corrected chi connectivity index (χ1v) is 4.52. The van der Waals surface area contributed by atoms with Crippen LogP contribution >= 0.6 is 0 Å². The topological polar surface area (TPSA) is 29.5 Å². The van der Waals surface area contributed by atoms with Gasteiger partial charge in [-0.1, -0.05) is 12.1 Å². The van der Waals surface area contributed by atoms with Gasteiger partial charge in [0.15, 0.2) is 6.10 Å². The number of ether oxygens (including phenoxy) is 1. The molecule has 0 saturated heterocycles. The summed E-state index contributed by atoms with van der Waals surface area (Å²) in [6.45, 7) is -1.73. The third-order valence-electron chi connectivity index (χ3n) is 2.05. The monoisotopic (exact) mass is 256 g/mol. The van der Waals surface area contributed by atoms with Gasteiger partial charge in [0, 0.05) is 0 Å². The Labute approximate surface area is 93.6 Å². The average molecular weight is 256 g/mol. The van der Waals surface area contributed by atoms with Crippen LogP contribution < -0.4 is 4.74 Å². The maximum Gasteiger partial charge on any atom is 0.418 e. The van der Waals surface area contributed by atoms with Crippen molar-refractivity contribution in [3.8, 4) is 5.75 Å². The number of aliphatic hydroxyl groups excluding tert-OH is 1. The van der Waals surface area contributed by atoms with Crippen LogP contribution in [0.15, 0.2) is 18.2 Å². The van der Waals surface area contributed by atoms with Gasteiger partial charge < -0.3 is 9.84 Å². The zero-order chi connectivity index (χ0) is 13.2. The van der Waals surface area contributed by atoms with Gasteiger partial charge in [0.05, 0.1) is 0 Å². The van der Waals surface area contributed by atoms with Crippen molar-refractivity contribution < 1.29 is 31.8 Å². The van der Waals surface area contributed by atoms with E-state index in [1.54, 1.807) is 0 Å². The van der Waals surface area contributed by atoms with Gasteiger partial charge in [-0.25, -0.2) is 0 Å². The molecule has 0 bridgehead atoms. The lowest BCUT2D eigenvalue weighted by atomic mass is 10.1.